The summed E-state index contributed by atoms with van der Waals surface area (Å²) in [5, 5.41) is 0. The van der Waals surface area contributed by atoms with Gasteiger partial charge in [-0.15, -0.1) is 0 Å². The first-order valence-corrected chi connectivity index (χ1v) is 7.48. The second kappa shape index (κ2) is 9.97. The van der Waals surface area contributed by atoms with Crippen molar-refractivity contribution >= 4 is 11.9 Å². The molecule has 0 spiro atoms. The van der Waals surface area contributed by atoms with E-state index in [9.17, 15) is 9.59 Å². The third kappa shape index (κ3) is 6.93. The minimum absolute atomic E-state index is 0.327. The smallest absolute Gasteiger partial charge is 0.347 e. The molecular weight excluding hydrogens is 268 g/mol. The van der Waals surface area contributed by atoms with Gasteiger partial charge in [-0.25, -0.2) is 4.79 Å². The van der Waals surface area contributed by atoms with Crippen molar-refractivity contribution in [3.63, 3.8) is 0 Å². The van der Waals surface area contributed by atoms with Gasteiger partial charge in [0.15, 0.2) is 6.10 Å². The van der Waals surface area contributed by atoms with Crippen LogP contribution in [0.2, 0.25) is 0 Å². The summed E-state index contributed by atoms with van der Waals surface area (Å²) < 4.78 is 9.97. The number of methoxy groups -OCH3 is 1. The summed E-state index contributed by atoms with van der Waals surface area (Å²) in [6.45, 7) is 2.07. The Labute approximate surface area is 126 Å². The van der Waals surface area contributed by atoms with Crippen LogP contribution in [0.15, 0.2) is 30.3 Å². The molecule has 0 bridgehead atoms. The Bertz CT molecular complexity index is 428. The minimum Gasteiger partial charge on any atom is -0.466 e. The van der Waals surface area contributed by atoms with Crippen LogP contribution in [-0.4, -0.2) is 25.2 Å². The van der Waals surface area contributed by atoms with E-state index in [1.807, 2.05) is 30.3 Å². The third-order valence-corrected chi connectivity index (χ3v) is 3.26. The fourth-order valence-corrected chi connectivity index (χ4v) is 2.04. The average Bonchev–Trinajstić information content (AvgIpc) is 2.52. The summed E-state index contributed by atoms with van der Waals surface area (Å²) in [7, 11) is 1.31. The van der Waals surface area contributed by atoms with Gasteiger partial charge in [0.05, 0.1) is 7.11 Å². The Hall–Kier alpha value is -1.84. The molecule has 4 heteroatoms. The van der Waals surface area contributed by atoms with Gasteiger partial charge in [0.1, 0.15) is 0 Å². The van der Waals surface area contributed by atoms with Crippen molar-refractivity contribution in [1.29, 1.82) is 0 Å². The average molecular weight is 292 g/mol. The number of hydrogen-bond acceptors (Lipinski definition) is 4. The molecule has 4 nitrogen and oxygen atoms in total. The van der Waals surface area contributed by atoms with Gasteiger partial charge in [0, 0.05) is 6.42 Å². The molecule has 0 aromatic heterocycles. The summed E-state index contributed by atoms with van der Waals surface area (Å²) in [5.74, 6) is -0.818. The highest BCUT2D eigenvalue weighted by Gasteiger charge is 2.23. The molecule has 1 aromatic rings. The van der Waals surface area contributed by atoms with Gasteiger partial charge >= 0.3 is 11.9 Å². The van der Waals surface area contributed by atoms with Crippen LogP contribution in [-0.2, 0) is 25.5 Å². The van der Waals surface area contributed by atoms with Crippen LogP contribution in [0.3, 0.4) is 0 Å². The van der Waals surface area contributed by atoms with Crippen LogP contribution < -0.4 is 0 Å². The van der Waals surface area contributed by atoms with Crippen molar-refractivity contribution in [1.82, 2.24) is 0 Å². The molecule has 0 saturated carbocycles. The number of ether oxygens (including phenoxy) is 2. The standard InChI is InChI=1S/C17H24O4/c1-3-4-6-11-16(18)21-15(17(19)20-2)13-12-14-9-7-5-8-10-14/h5,7-10,15H,3-4,6,11-13H2,1-2H3/t15-/m0/s1. The normalized spacial score (nSPS) is 11.7. The highest BCUT2D eigenvalue weighted by Crippen LogP contribution is 2.11. The molecule has 0 heterocycles. The molecule has 0 radical (unpaired) electrons. The van der Waals surface area contributed by atoms with Crippen LogP contribution in [0.4, 0.5) is 0 Å². The van der Waals surface area contributed by atoms with Gasteiger partial charge in [-0.2, -0.15) is 0 Å². The molecule has 0 fully saturated rings. The Balaban J connectivity index is 2.48. The number of aryl methyl sites for hydroxylation is 1. The number of benzene rings is 1. The van der Waals surface area contributed by atoms with E-state index in [0.717, 1.165) is 24.8 Å². The molecule has 0 amide bonds. The van der Waals surface area contributed by atoms with Crippen molar-refractivity contribution in [2.75, 3.05) is 7.11 Å². The highest BCUT2D eigenvalue weighted by molar-refractivity contribution is 5.79. The van der Waals surface area contributed by atoms with Crippen molar-refractivity contribution in [3.8, 4) is 0 Å². The number of carbonyl (C=O) groups excluding carboxylic acids is 2. The number of carbonyl (C=O) groups is 2. The molecule has 1 atom stereocenters. The molecule has 0 aliphatic heterocycles. The lowest BCUT2D eigenvalue weighted by Gasteiger charge is -2.15. The number of esters is 2. The molecule has 0 saturated heterocycles. The van der Waals surface area contributed by atoms with E-state index >= 15 is 0 Å². The number of hydrogen-bond donors (Lipinski definition) is 0. The molecule has 0 unspecified atom stereocenters. The van der Waals surface area contributed by atoms with Crippen molar-refractivity contribution in [2.45, 2.75) is 51.6 Å². The maximum atomic E-state index is 11.7. The molecule has 1 aromatic carbocycles. The maximum Gasteiger partial charge on any atom is 0.347 e. The summed E-state index contributed by atoms with van der Waals surface area (Å²) >= 11 is 0. The van der Waals surface area contributed by atoms with Gasteiger partial charge in [0.2, 0.25) is 0 Å². The monoisotopic (exact) mass is 292 g/mol. The fraction of sp³-hybridized carbons (Fsp3) is 0.529. The van der Waals surface area contributed by atoms with Gasteiger partial charge < -0.3 is 9.47 Å². The fourth-order valence-electron chi connectivity index (χ4n) is 2.04. The van der Waals surface area contributed by atoms with E-state index in [1.54, 1.807) is 0 Å². The molecule has 0 N–H and O–H groups in total. The first-order chi connectivity index (χ1) is 10.2. The van der Waals surface area contributed by atoms with E-state index in [0.29, 0.717) is 19.3 Å². The Morgan fingerprint density at radius 1 is 1.14 bits per heavy atom. The van der Waals surface area contributed by atoms with Gasteiger partial charge in [0.25, 0.3) is 0 Å². The lowest BCUT2D eigenvalue weighted by molar-refractivity contribution is -0.166. The summed E-state index contributed by atoms with van der Waals surface area (Å²) in [6, 6.07) is 9.79. The molecule has 1 rings (SSSR count). The highest BCUT2D eigenvalue weighted by atomic mass is 16.6. The Morgan fingerprint density at radius 2 is 1.86 bits per heavy atom. The number of rotatable bonds is 9. The maximum absolute atomic E-state index is 11.7. The molecule has 0 aliphatic carbocycles. The first kappa shape index (κ1) is 17.2. The van der Waals surface area contributed by atoms with Crippen molar-refractivity contribution < 1.29 is 19.1 Å². The van der Waals surface area contributed by atoms with Crippen molar-refractivity contribution in [2.24, 2.45) is 0 Å². The zero-order valence-corrected chi connectivity index (χ0v) is 12.8. The second-order valence-corrected chi connectivity index (χ2v) is 4.98. The largest absolute Gasteiger partial charge is 0.466 e. The zero-order valence-electron chi connectivity index (χ0n) is 12.8. The van der Waals surface area contributed by atoms with E-state index in [1.165, 1.54) is 7.11 Å². The van der Waals surface area contributed by atoms with Crippen LogP contribution in [0.25, 0.3) is 0 Å². The van der Waals surface area contributed by atoms with E-state index < -0.39 is 12.1 Å². The van der Waals surface area contributed by atoms with Crippen LogP contribution in [0, 0.1) is 0 Å². The minimum atomic E-state index is -0.815. The van der Waals surface area contributed by atoms with E-state index in [4.69, 9.17) is 9.47 Å². The van der Waals surface area contributed by atoms with Gasteiger partial charge in [-0.05, 0) is 24.8 Å². The SMILES string of the molecule is CCCCCC(=O)O[C@@H](CCc1ccccc1)C(=O)OC. The summed E-state index contributed by atoms with van der Waals surface area (Å²) in [4.78, 5) is 23.4. The van der Waals surface area contributed by atoms with Crippen LogP contribution >= 0.6 is 0 Å². The third-order valence-electron chi connectivity index (χ3n) is 3.26. The summed E-state index contributed by atoms with van der Waals surface area (Å²) in [6.07, 6.45) is 3.47. The second-order valence-electron chi connectivity index (χ2n) is 4.98. The summed E-state index contributed by atoms with van der Waals surface area (Å²) in [5.41, 5.74) is 1.11. The molecule has 0 aliphatic rings. The van der Waals surface area contributed by atoms with Gasteiger partial charge in [-0.1, -0.05) is 50.1 Å². The van der Waals surface area contributed by atoms with Crippen LogP contribution in [0.1, 0.15) is 44.6 Å². The molecule has 116 valence electrons. The quantitative estimate of drug-likeness (QED) is 0.518. The van der Waals surface area contributed by atoms with E-state index in [2.05, 4.69) is 6.92 Å². The molecular formula is C17H24O4. The lowest BCUT2D eigenvalue weighted by Crippen LogP contribution is -2.29. The number of unbranched alkanes of at least 4 members (excludes halogenated alkanes) is 2. The van der Waals surface area contributed by atoms with Gasteiger partial charge in [-0.3, -0.25) is 4.79 Å². The zero-order chi connectivity index (χ0) is 15.5. The Morgan fingerprint density at radius 3 is 2.48 bits per heavy atom. The Kier molecular flexibility index (Phi) is 8.17. The topological polar surface area (TPSA) is 52.6 Å². The molecule has 21 heavy (non-hydrogen) atoms. The first-order valence-electron chi connectivity index (χ1n) is 7.48. The lowest BCUT2D eigenvalue weighted by atomic mass is 10.1. The van der Waals surface area contributed by atoms with Crippen LogP contribution in [0.5, 0.6) is 0 Å². The predicted molar refractivity (Wildman–Crippen MR) is 80.8 cm³/mol. The predicted octanol–water partition coefficient (Wildman–Crippen LogP) is 3.28. The van der Waals surface area contributed by atoms with Crippen molar-refractivity contribution in [3.05, 3.63) is 35.9 Å². The van der Waals surface area contributed by atoms with E-state index in [-0.39, 0.29) is 5.97 Å².